The smallest absolute Gasteiger partial charge is 0.246 e. The van der Waals surface area contributed by atoms with Crippen molar-refractivity contribution in [3.05, 3.63) is 73.3 Å². The van der Waals surface area contributed by atoms with Crippen LogP contribution in [0.1, 0.15) is 0 Å². The molecule has 20 heavy (non-hydrogen) atoms. The van der Waals surface area contributed by atoms with Crippen LogP contribution < -0.4 is 10.2 Å². The average molecular weight is 266 g/mol. The molecule has 3 nitrogen and oxygen atoms in total. The second kappa shape index (κ2) is 7.14. The van der Waals surface area contributed by atoms with Crippen molar-refractivity contribution >= 4 is 17.3 Å². The lowest BCUT2D eigenvalue weighted by atomic mass is 10.2. The molecular formula is C17H18N2O. The van der Waals surface area contributed by atoms with Crippen molar-refractivity contribution in [3.63, 3.8) is 0 Å². The molecule has 0 fully saturated rings. The Hall–Kier alpha value is -2.55. The van der Waals surface area contributed by atoms with Gasteiger partial charge < -0.3 is 10.2 Å². The maximum Gasteiger partial charge on any atom is 0.246 e. The van der Waals surface area contributed by atoms with E-state index < -0.39 is 0 Å². The highest BCUT2D eigenvalue weighted by atomic mass is 16.2. The van der Waals surface area contributed by atoms with Gasteiger partial charge in [0.05, 0.1) is 6.54 Å². The third-order valence-electron chi connectivity index (χ3n) is 2.90. The van der Waals surface area contributed by atoms with Crippen LogP contribution in [0.3, 0.4) is 0 Å². The topological polar surface area (TPSA) is 32.3 Å². The Morgan fingerprint density at radius 2 is 1.65 bits per heavy atom. The third-order valence-corrected chi connectivity index (χ3v) is 2.90. The fourth-order valence-corrected chi connectivity index (χ4v) is 1.92. The van der Waals surface area contributed by atoms with Crippen LogP contribution in [0.5, 0.6) is 0 Å². The van der Waals surface area contributed by atoms with Crippen LogP contribution >= 0.6 is 0 Å². The summed E-state index contributed by atoms with van der Waals surface area (Å²) >= 11 is 0. The van der Waals surface area contributed by atoms with E-state index in [1.807, 2.05) is 60.7 Å². The van der Waals surface area contributed by atoms with Gasteiger partial charge in [0.25, 0.3) is 0 Å². The molecule has 0 aliphatic carbocycles. The molecule has 0 aromatic heterocycles. The number of nitrogens with zero attached hydrogens (tertiary/aromatic N) is 1. The van der Waals surface area contributed by atoms with Gasteiger partial charge in [0.1, 0.15) is 0 Å². The zero-order valence-corrected chi connectivity index (χ0v) is 11.3. The van der Waals surface area contributed by atoms with Gasteiger partial charge in [-0.05, 0) is 24.3 Å². The normalized spacial score (nSPS) is 9.80. The second-order valence-corrected chi connectivity index (χ2v) is 4.35. The lowest BCUT2D eigenvalue weighted by Gasteiger charge is -2.21. The summed E-state index contributed by atoms with van der Waals surface area (Å²) in [5.41, 5.74) is 1.82. The standard InChI is InChI=1S/C17H18N2O/c1-2-13-19(16-11-7-4-8-12-16)17(20)14-18-15-9-5-3-6-10-15/h2-12,18H,1,13-14H2. The first-order chi connectivity index (χ1) is 9.81. The number of carbonyl (C=O) groups is 1. The van der Waals surface area contributed by atoms with Crippen molar-refractivity contribution in [1.82, 2.24) is 0 Å². The highest BCUT2D eigenvalue weighted by Gasteiger charge is 2.13. The molecule has 0 saturated carbocycles. The summed E-state index contributed by atoms with van der Waals surface area (Å²) in [6.45, 7) is 4.47. The largest absolute Gasteiger partial charge is 0.376 e. The molecule has 0 spiro atoms. The Labute approximate surface area is 119 Å². The Bertz CT molecular complexity index is 552. The Kier molecular flexibility index (Phi) is 4.95. The predicted octanol–water partition coefficient (Wildman–Crippen LogP) is 3.32. The maximum absolute atomic E-state index is 12.3. The lowest BCUT2D eigenvalue weighted by molar-refractivity contribution is -0.116. The first-order valence-electron chi connectivity index (χ1n) is 6.56. The molecule has 3 heteroatoms. The monoisotopic (exact) mass is 266 g/mol. The van der Waals surface area contributed by atoms with Gasteiger partial charge in [0.2, 0.25) is 5.91 Å². The average Bonchev–Trinajstić information content (AvgIpc) is 2.52. The molecule has 0 aliphatic heterocycles. The first kappa shape index (κ1) is 13.9. The van der Waals surface area contributed by atoms with Crippen molar-refractivity contribution in [1.29, 1.82) is 0 Å². The molecule has 0 unspecified atom stereocenters. The van der Waals surface area contributed by atoms with E-state index in [-0.39, 0.29) is 12.5 Å². The van der Waals surface area contributed by atoms with Gasteiger partial charge in [-0.2, -0.15) is 0 Å². The fourth-order valence-electron chi connectivity index (χ4n) is 1.92. The fraction of sp³-hybridized carbons (Fsp3) is 0.118. The molecule has 1 N–H and O–H groups in total. The van der Waals surface area contributed by atoms with E-state index in [0.717, 1.165) is 11.4 Å². The molecule has 0 aliphatic rings. The zero-order chi connectivity index (χ0) is 14.2. The molecule has 2 rings (SSSR count). The number of rotatable bonds is 6. The highest BCUT2D eigenvalue weighted by Crippen LogP contribution is 2.14. The minimum atomic E-state index is 0.0138. The maximum atomic E-state index is 12.3. The minimum absolute atomic E-state index is 0.0138. The van der Waals surface area contributed by atoms with Gasteiger partial charge in [-0.1, -0.05) is 42.5 Å². The van der Waals surface area contributed by atoms with Gasteiger partial charge in [-0.15, -0.1) is 6.58 Å². The van der Waals surface area contributed by atoms with Crippen LogP contribution in [0.4, 0.5) is 11.4 Å². The zero-order valence-electron chi connectivity index (χ0n) is 11.3. The van der Waals surface area contributed by atoms with Crippen LogP contribution in [0.2, 0.25) is 0 Å². The van der Waals surface area contributed by atoms with Gasteiger partial charge in [0.15, 0.2) is 0 Å². The molecule has 0 heterocycles. The van der Waals surface area contributed by atoms with Gasteiger partial charge >= 0.3 is 0 Å². The molecule has 2 aromatic rings. The number of anilines is 2. The van der Waals surface area contributed by atoms with E-state index in [2.05, 4.69) is 11.9 Å². The van der Waals surface area contributed by atoms with Crippen molar-refractivity contribution in [3.8, 4) is 0 Å². The molecule has 0 radical (unpaired) electrons. The van der Waals surface area contributed by atoms with E-state index in [9.17, 15) is 4.79 Å². The Balaban J connectivity index is 2.02. The van der Waals surface area contributed by atoms with E-state index >= 15 is 0 Å². The SMILES string of the molecule is C=CCN(C(=O)CNc1ccccc1)c1ccccc1. The van der Waals surface area contributed by atoms with Crippen molar-refractivity contribution in [2.75, 3.05) is 23.3 Å². The summed E-state index contributed by atoms with van der Waals surface area (Å²) in [6, 6.07) is 19.3. The van der Waals surface area contributed by atoms with E-state index in [4.69, 9.17) is 0 Å². The van der Waals surface area contributed by atoms with Gasteiger partial charge in [-0.25, -0.2) is 0 Å². The third kappa shape index (κ3) is 3.72. The number of carbonyl (C=O) groups excluding carboxylic acids is 1. The van der Waals surface area contributed by atoms with Gasteiger partial charge in [-0.3, -0.25) is 4.79 Å². The number of hydrogen-bond acceptors (Lipinski definition) is 2. The van der Waals surface area contributed by atoms with E-state index in [0.29, 0.717) is 6.54 Å². The van der Waals surface area contributed by atoms with Crippen molar-refractivity contribution < 1.29 is 4.79 Å². The van der Waals surface area contributed by atoms with E-state index in [1.54, 1.807) is 11.0 Å². The van der Waals surface area contributed by atoms with E-state index in [1.165, 1.54) is 0 Å². The lowest BCUT2D eigenvalue weighted by Crippen LogP contribution is -2.35. The summed E-state index contributed by atoms with van der Waals surface area (Å²) < 4.78 is 0. The summed E-state index contributed by atoms with van der Waals surface area (Å²) in [4.78, 5) is 14.0. The summed E-state index contributed by atoms with van der Waals surface area (Å²) in [6.07, 6.45) is 1.73. The van der Waals surface area contributed by atoms with Gasteiger partial charge in [0, 0.05) is 17.9 Å². The Morgan fingerprint density at radius 1 is 1.05 bits per heavy atom. The summed E-state index contributed by atoms with van der Waals surface area (Å²) in [7, 11) is 0. The van der Waals surface area contributed by atoms with Crippen LogP contribution in [-0.2, 0) is 4.79 Å². The van der Waals surface area contributed by atoms with Crippen LogP contribution in [-0.4, -0.2) is 19.0 Å². The second-order valence-electron chi connectivity index (χ2n) is 4.35. The number of amides is 1. The minimum Gasteiger partial charge on any atom is -0.376 e. The Morgan fingerprint density at radius 3 is 2.25 bits per heavy atom. The molecular weight excluding hydrogens is 248 g/mol. The number of hydrogen-bond donors (Lipinski definition) is 1. The van der Waals surface area contributed by atoms with Crippen LogP contribution in [0, 0.1) is 0 Å². The highest BCUT2D eigenvalue weighted by molar-refractivity contribution is 5.96. The first-order valence-corrected chi connectivity index (χ1v) is 6.56. The number of nitrogens with one attached hydrogen (secondary N) is 1. The molecule has 0 atom stereocenters. The summed E-state index contributed by atoms with van der Waals surface area (Å²) in [5.74, 6) is 0.0138. The van der Waals surface area contributed by atoms with Crippen molar-refractivity contribution in [2.24, 2.45) is 0 Å². The van der Waals surface area contributed by atoms with Crippen molar-refractivity contribution in [2.45, 2.75) is 0 Å². The molecule has 0 saturated heterocycles. The number of para-hydroxylation sites is 2. The quantitative estimate of drug-likeness (QED) is 0.813. The summed E-state index contributed by atoms with van der Waals surface area (Å²) in [5, 5.41) is 3.13. The predicted molar refractivity (Wildman–Crippen MR) is 83.9 cm³/mol. The molecule has 102 valence electrons. The van der Waals surface area contributed by atoms with Crippen LogP contribution in [0.25, 0.3) is 0 Å². The molecule has 0 bridgehead atoms. The molecule has 2 aromatic carbocycles. The number of benzene rings is 2. The molecule has 1 amide bonds. The van der Waals surface area contributed by atoms with Crippen LogP contribution in [0.15, 0.2) is 73.3 Å².